The van der Waals surface area contributed by atoms with E-state index in [-0.39, 0.29) is 46.6 Å². The number of piperidine rings is 2. The van der Waals surface area contributed by atoms with E-state index in [1.807, 2.05) is 0 Å². The second kappa shape index (κ2) is 9.11. The molecule has 3 heterocycles. The Hall–Kier alpha value is -2.63. The van der Waals surface area contributed by atoms with Gasteiger partial charge >= 0.3 is 0 Å². The van der Waals surface area contributed by atoms with Gasteiger partial charge in [-0.15, -0.1) is 4.31 Å². The molecule has 1 spiro atoms. The summed E-state index contributed by atoms with van der Waals surface area (Å²) in [5, 5.41) is 2.48. The van der Waals surface area contributed by atoms with Gasteiger partial charge in [0.2, 0.25) is 22.4 Å². The molecule has 2 amide bonds. The van der Waals surface area contributed by atoms with Gasteiger partial charge in [0.05, 0.1) is 5.39 Å². The topological polar surface area (TPSA) is 136 Å². The van der Waals surface area contributed by atoms with Crippen LogP contribution in [0.3, 0.4) is 0 Å². The summed E-state index contributed by atoms with van der Waals surface area (Å²) in [5.41, 5.74) is 0.308. The summed E-state index contributed by atoms with van der Waals surface area (Å²) in [6, 6.07) is 3.92. The fourth-order valence-corrected chi connectivity index (χ4v) is 7.15. The second-order valence-electron chi connectivity index (χ2n) is 10.1. The van der Waals surface area contributed by atoms with Crippen LogP contribution >= 0.6 is 0 Å². The van der Waals surface area contributed by atoms with Gasteiger partial charge in [0.25, 0.3) is 5.56 Å². The number of rotatable bonds is 4. The molecule has 2 atom stereocenters. The van der Waals surface area contributed by atoms with Crippen molar-refractivity contribution >= 4 is 39.0 Å². The van der Waals surface area contributed by atoms with Gasteiger partial charge in [-0.2, -0.15) is 4.72 Å². The maximum absolute atomic E-state index is 13.3. The highest BCUT2D eigenvalue weighted by atomic mass is 32.3. The minimum Gasteiger partial charge on any atom is -0.575 e. The number of carbonyl (C=O) groups is 2. The van der Waals surface area contributed by atoms with Gasteiger partial charge < -0.3 is 4.55 Å². The fourth-order valence-electron chi connectivity index (χ4n) is 5.91. The Morgan fingerprint density at radius 2 is 1.83 bits per heavy atom. The van der Waals surface area contributed by atoms with Crippen molar-refractivity contribution in [2.75, 3.05) is 17.8 Å². The van der Waals surface area contributed by atoms with E-state index in [0.29, 0.717) is 13.1 Å². The van der Waals surface area contributed by atoms with Gasteiger partial charge in [0.15, 0.2) is 0 Å². The molecule has 2 N–H and O–H groups in total. The third-order valence-corrected chi connectivity index (χ3v) is 9.43. The summed E-state index contributed by atoms with van der Waals surface area (Å²) in [6.07, 6.45) is 8.17. The molecular formula is C24H31N5O5S. The van der Waals surface area contributed by atoms with Crippen molar-refractivity contribution in [3.05, 3.63) is 34.4 Å². The normalized spacial score (nSPS) is 24.8. The SMILES string of the molecule is Cc1nc2c(N[S+](=O)([O-])N3CCC4(CCCCC4)CC3)cccc2c(=O)n1C1CCC(=O)NC1=O. The number of hydrogen-bond donors (Lipinski definition) is 2. The average molecular weight is 502 g/mol. The zero-order valence-corrected chi connectivity index (χ0v) is 20.7. The Morgan fingerprint density at radius 3 is 2.51 bits per heavy atom. The van der Waals surface area contributed by atoms with E-state index < -0.39 is 28.1 Å². The van der Waals surface area contributed by atoms with Crippen molar-refractivity contribution in [2.45, 2.75) is 70.8 Å². The zero-order valence-electron chi connectivity index (χ0n) is 19.9. The van der Waals surface area contributed by atoms with Gasteiger partial charge in [0, 0.05) is 19.5 Å². The largest absolute Gasteiger partial charge is 0.575 e. The molecule has 0 radical (unpaired) electrons. The number of carbonyl (C=O) groups excluding carboxylic acids is 2. The second-order valence-corrected chi connectivity index (χ2v) is 11.7. The molecule has 11 heteroatoms. The van der Waals surface area contributed by atoms with Crippen molar-refractivity contribution < 1.29 is 18.4 Å². The lowest BCUT2D eigenvalue weighted by Crippen LogP contribution is -2.49. The maximum atomic E-state index is 13.3. The molecule has 0 bridgehead atoms. The number of para-hydroxylation sites is 1. The van der Waals surface area contributed by atoms with Crippen LogP contribution in [0.4, 0.5) is 5.69 Å². The van der Waals surface area contributed by atoms with Crippen LogP contribution < -0.4 is 15.6 Å². The molecule has 2 aromatic rings. The van der Waals surface area contributed by atoms with E-state index in [1.165, 1.54) is 41.0 Å². The van der Waals surface area contributed by atoms with Gasteiger partial charge in [-0.25, -0.2) is 4.98 Å². The summed E-state index contributed by atoms with van der Waals surface area (Å²) in [5.74, 6) is -0.624. The summed E-state index contributed by atoms with van der Waals surface area (Å²) >= 11 is 0. The van der Waals surface area contributed by atoms with E-state index in [4.69, 9.17) is 0 Å². The number of hydrogen-bond acceptors (Lipinski definition) is 6. The lowest BCUT2D eigenvalue weighted by Gasteiger charge is -2.44. The molecule has 10 nitrogen and oxygen atoms in total. The van der Waals surface area contributed by atoms with E-state index in [0.717, 1.165) is 12.8 Å². The lowest BCUT2D eigenvalue weighted by molar-refractivity contribution is -0.135. The molecule has 35 heavy (non-hydrogen) atoms. The third kappa shape index (κ3) is 4.52. The van der Waals surface area contributed by atoms with Crippen molar-refractivity contribution in [1.82, 2.24) is 19.2 Å². The first kappa shape index (κ1) is 24.1. The van der Waals surface area contributed by atoms with E-state index >= 15 is 0 Å². The van der Waals surface area contributed by atoms with E-state index in [1.54, 1.807) is 25.1 Å². The van der Waals surface area contributed by atoms with E-state index in [9.17, 15) is 23.1 Å². The van der Waals surface area contributed by atoms with E-state index in [2.05, 4.69) is 15.0 Å². The predicted octanol–water partition coefficient (Wildman–Crippen LogP) is 2.60. The maximum Gasteiger partial charge on any atom is 0.262 e. The molecule has 2 aliphatic heterocycles. The highest BCUT2D eigenvalue weighted by Gasteiger charge is 2.41. The van der Waals surface area contributed by atoms with Crippen molar-refractivity contribution in [2.24, 2.45) is 5.41 Å². The number of fused-ring (bicyclic) bond motifs is 1. The molecule has 1 aromatic heterocycles. The molecule has 1 aromatic carbocycles. The monoisotopic (exact) mass is 501 g/mol. The van der Waals surface area contributed by atoms with Gasteiger partial charge in [-0.3, -0.25) is 24.3 Å². The highest BCUT2D eigenvalue weighted by molar-refractivity contribution is 7.96. The molecule has 5 rings (SSSR count). The van der Waals surface area contributed by atoms with Gasteiger partial charge in [-0.1, -0.05) is 29.5 Å². The molecule has 3 aliphatic rings. The third-order valence-electron chi connectivity index (χ3n) is 7.91. The van der Waals surface area contributed by atoms with Crippen LogP contribution in [-0.4, -0.2) is 43.3 Å². The molecule has 1 aliphatic carbocycles. The number of amides is 2. The minimum atomic E-state index is -3.82. The Balaban J connectivity index is 1.41. The molecule has 2 saturated heterocycles. The van der Waals surface area contributed by atoms with Crippen LogP contribution in [-0.2, 0) is 24.4 Å². The average Bonchev–Trinajstić information content (AvgIpc) is 2.82. The number of benzene rings is 1. The first-order valence-electron chi connectivity index (χ1n) is 12.3. The Labute approximate surface area is 205 Å². The van der Waals surface area contributed by atoms with Crippen LogP contribution in [0, 0.1) is 12.3 Å². The number of anilines is 1. The zero-order chi connectivity index (χ0) is 24.8. The van der Waals surface area contributed by atoms with Gasteiger partial charge in [0.1, 0.15) is 23.1 Å². The molecule has 1 saturated carbocycles. The first-order valence-corrected chi connectivity index (χ1v) is 13.8. The Morgan fingerprint density at radius 1 is 1.11 bits per heavy atom. The first-order chi connectivity index (χ1) is 16.7. The Bertz CT molecular complexity index is 1280. The van der Waals surface area contributed by atoms with Crippen LogP contribution in [0.15, 0.2) is 23.0 Å². The number of aromatic nitrogens is 2. The molecule has 2 unspecified atom stereocenters. The van der Waals surface area contributed by atoms with Crippen LogP contribution in [0.2, 0.25) is 0 Å². The van der Waals surface area contributed by atoms with Crippen molar-refractivity contribution in [3.8, 4) is 0 Å². The predicted molar refractivity (Wildman–Crippen MR) is 131 cm³/mol. The molecule has 188 valence electrons. The number of imide groups is 1. The smallest absolute Gasteiger partial charge is 0.262 e. The minimum absolute atomic E-state index is 0.136. The van der Waals surface area contributed by atoms with Crippen LogP contribution in [0.25, 0.3) is 10.9 Å². The van der Waals surface area contributed by atoms with Crippen molar-refractivity contribution in [3.63, 3.8) is 0 Å². The number of nitrogens with zero attached hydrogens (tertiary/aromatic N) is 3. The summed E-state index contributed by atoms with van der Waals surface area (Å²) in [7, 11) is -3.82. The standard InChI is InChI=1S/C24H31N5O5S/c1-16-25-21-17(23(32)29(16)19-8-9-20(30)26-22(19)31)6-5-7-18(21)27-35(33,34)28-14-12-24(13-15-28)10-3-2-4-11-24/h5-7,19H,2-4,8-15H2,1H3,(H2-,26,27,30,31,33,34). The summed E-state index contributed by atoms with van der Waals surface area (Å²) in [4.78, 5) is 41.7. The highest BCUT2D eigenvalue weighted by Crippen LogP contribution is 2.45. The molecular weight excluding hydrogens is 470 g/mol. The quantitative estimate of drug-likeness (QED) is 0.488. The number of aryl methyl sites for hydroxylation is 1. The summed E-state index contributed by atoms with van der Waals surface area (Å²) < 4.78 is 31.9. The van der Waals surface area contributed by atoms with Gasteiger partial charge in [-0.05, 0) is 56.6 Å². The lowest BCUT2D eigenvalue weighted by atomic mass is 9.68. The molecule has 3 fully saturated rings. The fraction of sp³-hybridized carbons (Fsp3) is 0.583. The Kier molecular flexibility index (Phi) is 6.27. The summed E-state index contributed by atoms with van der Waals surface area (Å²) in [6.45, 7) is 2.56. The van der Waals surface area contributed by atoms with Crippen molar-refractivity contribution in [1.29, 1.82) is 0 Å². The number of nitrogens with one attached hydrogen (secondary N) is 2. The van der Waals surface area contributed by atoms with Crippen LogP contribution in [0.1, 0.15) is 69.7 Å². The van der Waals surface area contributed by atoms with Crippen LogP contribution in [0.5, 0.6) is 0 Å².